The van der Waals surface area contributed by atoms with Crippen molar-refractivity contribution in [3.8, 4) is 0 Å². The molecule has 0 saturated heterocycles. The van der Waals surface area contributed by atoms with E-state index in [2.05, 4.69) is 5.32 Å². The van der Waals surface area contributed by atoms with E-state index in [-0.39, 0.29) is 6.42 Å². The Balaban J connectivity index is 3.28. The third-order valence-electron chi connectivity index (χ3n) is 3.41. The summed E-state index contributed by atoms with van der Waals surface area (Å²) >= 11 is 1.47. The van der Waals surface area contributed by atoms with E-state index in [0.29, 0.717) is 5.75 Å². The second-order valence-corrected chi connectivity index (χ2v) is 6.72. The molecule has 7 heteroatoms. The van der Waals surface area contributed by atoms with Gasteiger partial charge >= 0.3 is 12.1 Å². The van der Waals surface area contributed by atoms with E-state index < -0.39 is 18.5 Å². The molecule has 0 atom stereocenters. The first-order valence-corrected chi connectivity index (χ1v) is 9.13. The van der Waals surface area contributed by atoms with E-state index in [1.165, 1.54) is 43.9 Å². The largest absolute Gasteiger partial charge is 0.453 e. The summed E-state index contributed by atoms with van der Waals surface area (Å²) in [7, 11) is 1.95. The van der Waals surface area contributed by atoms with Crippen molar-refractivity contribution in [2.45, 2.75) is 69.9 Å². The fraction of sp³-hybridized carbons (Fsp3) is 1.00. The molecular formula is C15H28F5NS. The molecule has 0 spiro atoms. The lowest BCUT2D eigenvalue weighted by atomic mass is 10.1. The highest BCUT2D eigenvalue weighted by Gasteiger charge is 2.56. The number of thioether (sulfide) groups is 1. The summed E-state index contributed by atoms with van der Waals surface area (Å²) in [4.78, 5) is 0. The Kier molecular flexibility index (Phi) is 12.4. The third kappa shape index (κ3) is 11.5. The van der Waals surface area contributed by atoms with E-state index >= 15 is 0 Å². The van der Waals surface area contributed by atoms with E-state index in [0.717, 1.165) is 25.1 Å². The maximum Gasteiger partial charge on any atom is 0.453 e. The Morgan fingerprint density at radius 2 is 1.23 bits per heavy atom. The number of rotatable bonds is 14. The van der Waals surface area contributed by atoms with Crippen LogP contribution >= 0.6 is 11.8 Å². The van der Waals surface area contributed by atoms with E-state index in [4.69, 9.17) is 0 Å². The summed E-state index contributed by atoms with van der Waals surface area (Å²) in [6.45, 7) is 1.06. The van der Waals surface area contributed by atoms with Gasteiger partial charge in [0.05, 0.1) is 0 Å². The van der Waals surface area contributed by atoms with Crippen LogP contribution in [0, 0.1) is 0 Å². The summed E-state index contributed by atoms with van der Waals surface area (Å²) in [5, 5.41) is 3.11. The predicted molar refractivity (Wildman–Crippen MR) is 83.8 cm³/mol. The van der Waals surface area contributed by atoms with Gasteiger partial charge in [-0.2, -0.15) is 33.7 Å². The number of alkyl halides is 5. The average molecular weight is 349 g/mol. The Morgan fingerprint density at radius 1 is 0.727 bits per heavy atom. The fourth-order valence-corrected chi connectivity index (χ4v) is 2.99. The van der Waals surface area contributed by atoms with Gasteiger partial charge in [-0.05, 0) is 44.4 Å². The molecule has 0 unspecified atom stereocenters. The fourth-order valence-electron chi connectivity index (χ4n) is 2.03. The average Bonchev–Trinajstić information content (AvgIpc) is 2.42. The Bertz CT molecular complexity index is 259. The van der Waals surface area contributed by atoms with Crippen molar-refractivity contribution in [3.63, 3.8) is 0 Å². The molecule has 0 saturated carbocycles. The summed E-state index contributed by atoms with van der Waals surface area (Å²) in [5.74, 6) is -3.33. The quantitative estimate of drug-likeness (QED) is 0.321. The van der Waals surface area contributed by atoms with Crippen molar-refractivity contribution < 1.29 is 22.0 Å². The minimum atomic E-state index is -5.41. The zero-order chi connectivity index (χ0) is 16.9. The molecule has 0 radical (unpaired) electrons. The molecule has 0 amide bonds. The maximum atomic E-state index is 12.6. The van der Waals surface area contributed by atoms with Gasteiger partial charge in [0.25, 0.3) is 0 Å². The second-order valence-electron chi connectivity index (χ2n) is 5.50. The molecule has 1 N–H and O–H groups in total. The van der Waals surface area contributed by atoms with E-state index in [1.807, 2.05) is 7.05 Å². The lowest BCUT2D eigenvalue weighted by Crippen LogP contribution is -2.36. The van der Waals surface area contributed by atoms with Crippen molar-refractivity contribution >= 4 is 11.8 Å². The molecule has 0 rings (SSSR count). The smallest absolute Gasteiger partial charge is 0.320 e. The van der Waals surface area contributed by atoms with Gasteiger partial charge in [-0.1, -0.05) is 32.1 Å². The normalized spacial score (nSPS) is 12.8. The molecule has 0 aliphatic carbocycles. The highest BCUT2D eigenvalue weighted by molar-refractivity contribution is 7.99. The molecule has 0 aromatic rings. The summed E-state index contributed by atoms with van der Waals surface area (Å²) < 4.78 is 61.0. The number of hydrogen-bond acceptors (Lipinski definition) is 2. The van der Waals surface area contributed by atoms with Gasteiger partial charge in [0.2, 0.25) is 0 Å². The zero-order valence-electron chi connectivity index (χ0n) is 13.3. The van der Waals surface area contributed by atoms with Crippen molar-refractivity contribution in [2.75, 3.05) is 25.1 Å². The molecule has 0 aliphatic rings. The van der Waals surface area contributed by atoms with Crippen LogP contribution in [0.3, 0.4) is 0 Å². The van der Waals surface area contributed by atoms with Gasteiger partial charge in [-0.25, -0.2) is 0 Å². The monoisotopic (exact) mass is 349 g/mol. The van der Waals surface area contributed by atoms with Crippen LogP contribution in [-0.2, 0) is 0 Å². The molecule has 0 fully saturated rings. The van der Waals surface area contributed by atoms with Crippen LogP contribution in [0.15, 0.2) is 0 Å². The Hall–Kier alpha value is -0.0400. The van der Waals surface area contributed by atoms with Crippen molar-refractivity contribution in [3.05, 3.63) is 0 Å². The lowest BCUT2D eigenvalue weighted by molar-refractivity contribution is -0.284. The van der Waals surface area contributed by atoms with Crippen LogP contribution in [0.2, 0.25) is 0 Å². The zero-order valence-corrected chi connectivity index (χ0v) is 14.1. The first kappa shape index (κ1) is 22.0. The molecule has 134 valence electrons. The number of hydrogen-bond donors (Lipinski definition) is 1. The molecule has 0 aromatic heterocycles. The van der Waals surface area contributed by atoms with Crippen molar-refractivity contribution in [1.29, 1.82) is 0 Å². The molecule has 22 heavy (non-hydrogen) atoms. The van der Waals surface area contributed by atoms with Crippen LogP contribution < -0.4 is 5.32 Å². The van der Waals surface area contributed by atoms with E-state index in [1.54, 1.807) is 0 Å². The standard InChI is InChI=1S/C15H28F5NS/c1-21-11-7-5-3-2-4-6-8-12-22-13-9-10-14(16,17)15(18,19)20/h21H,2-13H2,1H3. The summed E-state index contributed by atoms with van der Waals surface area (Å²) in [6, 6.07) is 0. The van der Waals surface area contributed by atoms with Crippen LogP contribution in [0.25, 0.3) is 0 Å². The minimum absolute atomic E-state index is 0.0946. The summed E-state index contributed by atoms with van der Waals surface area (Å²) in [5.41, 5.74) is 0. The first-order valence-electron chi connectivity index (χ1n) is 7.98. The van der Waals surface area contributed by atoms with Crippen LogP contribution in [0.1, 0.15) is 57.8 Å². The van der Waals surface area contributed by atoms with E-state index in [9.17, 15) is 22.0 Å². The molecule has 0 aliphatic heterocycles. The minimum Gasteiger partial charge on any atom is -0.320 e. The molecule has 0 heterocycles. The lowest BCUT2D eigenvalue weighted by Gasteiger charge is -2.19. The van der Waals surface area contributed by atoms with Gasteiger partial charge < -0.3 is 5.32 Å². The van der Waals surface area contributed by atoms with Crippen LogP contribution in [-0.4, -0.2) is 37.2 Å². The SMILES string of the molecule is CNCCCCCCCCCSCCCC(F)(F)C(F)(F)F. The Labute approximate surface area is 134 Å². The predicted octanol–water partition coefficient (Wildman–Crippen LogP) is 5.65. The van der Waals surface area contributed by atoms with Gasteiger partial charge in [0.1, 0.15) is 0 Å². The van der Waals surface area contributed by atoms with Crippen LogP contribution in [0.5, 0.6) is 0 Å². The highest BCUT2D eigenvalue weighted by atomic mass is 32.2. The molecule has 1 nitrogen and oxygen atoms in total. The topological polar surface area (TPSA) is 12.0 Å². The van der Waals surface area contributed by atoms with Gasteiger partial charge in [0.15, 0.2) is 0 Å². The van der Waals surface area contributed by atoms with Gasteiger partial charge in [0, 0.05) is 6.42 Å². The van der Waals surface area contributed by atoms with Gasteiger partial charge in [-0.15, -0.1) is 0 Å². The number of nitrogens with one attached hydrogen (secondary N) is 1. The Morgan fingerprint density at radius 3 is 1.77 bits per heavy atom. The van der Waals surface area contributed by atoms with Crippen molar-refractivity contribution in [1.82, 2.24) is 5.32 Å². The van der Waals surface area contributed by atoms with Crippen LogP contribution in [0.4, 0.5) is 22.0 Å². The molecular weight excluding hydrogens is 321 g/mol. The van der Waals surface area contributed by atoms with Crippen molar-refractivity contribution in [2.24, 2.45) is 0 Å². The number of halogens is 5. The molecule has 0 aromatic carbocycles. The highest BCUT2D eigenvalue weighted by Crippen LogP contribution is 2.39. The van der Waals surface area contributed by atoms with Gasteiger partial charge in [-0.3, -0.25) is 0 Å². The first-order chi connectivity index (χ1) is 10.3. The molecule has 0 bridgehead atoms. The third-order valence-corrected chi connectivity index (χ3v) is 4.56. The number of unbranched alkanes of at least 4 members (excludes halogenated alkanes) is 6. The second kappa shape index (κ2) is 12.4. The summed E-state index contributed by atoms with van der Waals surface area (Å²) in [6.07, 6.45) is 1.58. The maximum absolute atomic E-state index is 12.6.